The number of piperidine rings is 1. The van der Waals surface area contributed by atoms with Gasteiger partial charge in [0, 0.05) is 28.0 Å². The topological polar surface area (TPSA) is 86.8 Å². The molecule has 2 heterocycles. The summed E-state index contributed by atoms with van der Waals surface area (Å²) in [7, 11) is 19.5. The first-order valence-corrected chi connectivity index (χ1v) is 14.6. The maximum absolute atomic E-state index is 15.0. The molecule has 0 aliphatic carbocycles. The summed E-state index contributed by atoms with van der Waals surface area (Å²) in [5.41, 5.74) is 1.83. The third-order valence-corrected chi connectivity index (χ3v) is 11.0. The van der Waals surface area contributed by atoms with Crippen molar-refractivity contribution in [3.8, 4) is 0 Å². The lowest BCUT2D eigenvalue weighted by Gasteiger charge is -2.64. The largest absolute Gasteiger partial charge is 0.349 e. The normalized spacial score (nSPS) is 22.3. The van der Waals surface area contributed by atoms with E-state index in [2.05, 4.69) is 5.32 Å². The van der Waals surface area contributed by atoms with Gasteiger partial charge in [0.2, 0.25) is 19.8 Å². The van der Waals surface area contributed by atoms with Crippen LogP contribution in [0.5, 0.6) is 0 Å². The highest BCUT2D eigenvalue weighted by Crippen LogP contribution is 2.58. The van der Waals surface area contributed by atoms with Crippen LogP contribution < -0.4 is 21.7 Å². The molecule has 4 amide bonds. The zero-order chi connectivity index (χ0) is 32.8. The van der Waals surface area contributed by atoms with Crippen LogP contribution in [0.25, 0.3) is 0 Å². The van der Waals surface area contributed by atoms with Crippen LogP contribution in [0.4, 0.5) is 8.78 Å². The van der Waals surface area contributed by atoms with Gasteiger partial charge in [-0.15, -0.1) is 0 Å². The van der Waals surface area contributed by atoms with E-state index in [0.29, 0.717) is 33.1 Å². The number of nitrogens with one attached hydrogen (secondary N) is 1. The Kier molecular flexibility index (Phi) is 7.90. The molecule has 2 aliphatic rings. The lowest BCUT2D eigenvalue weighted by Crippen LogP contribution is -2.78. The van der Waals surface area contributed by atoms with Gasteiger partial charge >= 0.3 is 5.92 Å². The lowest BCUT2D eigenvalue weighted by atomic mass is 9.20. The molecule has 1 saturated heterocycles. The summed E-state index contributed by atoms with van der Waals surface area (Å²) < 4.78 is 30.0. The van der Waals surface area contributed by atoms with Gasteiger partial charge in [-0.2, -0.15) is 8.78 Å². The molecular formula is C22H29B11ClF2N3O4. The molecule has 1 atom stereocenters. The quantitative estimate of drug-likeness (QED) is 0.277. The molecule has 0 radical (unpaired) electrons. The van der Waals surface area contributed by atoms with Gasteiger partial charge in [-0.1, -0.05) is 45.3 Å². The molecule has 2 aliphatic heterocycles. The first-order chi connectivity index (χ1) is 19.5. The Balaban J connectivity index is 1.80. The van der Waals surface area contributed by atoms with Crippen LogP contribution in [0.3, 0.4) is 0 Å². The number of amides is 4. The van der Waals surface area contributed by atoms with E-state index in [0.717, 1.165) is 16.9 Å². The highest BCUT2D eigenvalue weighted by Gasteiger charge is 2.68. The molecule has 7 nitrogen and oxygen atoms in total. The highest BCUT2D eigenvalue weighted by molar-refractivity contribution is 6.68. The molecule has 2 aromatic carbocycles. The highest BCUT2D eigenvalue weighted by atomic mass is 35.5. The van der Waals surface area contributed by atoms with Crippen molar-refractivity contribution >= 4 is 138 Å². The molecule has 0 aromatic heterocycles. The molecular weight excluding hydrogens is 563 g/mol. The summed E-state index contributed by atoms with van der Waals surface area (Å²) in [5, 5.41) is -0.316. The van der Waals surface area contributed by atoms with E-state index in [1.807, 2.05) is 31.4 Å². The minimum atomic E-state index is -3.79. The summed E-state index contributed by atoms with van der Waals surface area (Å²) in [6.45, 7) is -0.190. The third-order valence-electron chi connectivity index (χ3n) is 10.8. The summed E-state index contributed by atoms with van der Waals surface area (Å²) in [4.78, 5) is 57.2. The number of alkyl halides is 2. The predicted octanol–water partition coefficient (Wildman–Crippen LogP) is -10.6. The Labute approximate surface area is 265 Å². The number of halogens is 3. The van der Waals surface area contributed by atoms with Crippen molar-refractivity contribution < 1.29 is 28.0 Å². The molecule has 21 heteroatoms. The second-order valence-electron chi connectivity index (χ2n) is 13.6. The first-order valence-electron chi connectivity index (χ1n) is 14.2. The van der Waals surface area contributed by atoms with Gasteiger partial charge in [0.15, 0.2) is 0 Å². The van der Waals surface area contributed by atoms with E-state index in [-0.39, 0.29) is 23.4 Å². The predicted molar refractivity (Wildman–Crippen MR) is 194 cm³/mol. The monoisotopic (exact) mass is 593 g/mol. The van der Waals surface area contributed by atoms with Crippen LogP contribution in [0.2, 0.25) is 15.5 Å². The fourth-order valence-electron chi connectivity index (χ4n) is 7.18. The number of carbonyl (C=O) groups excluding carboxylic acids is 4. The molecule has 4 rings (SSSR count). The Morgan fingerprint density at radius 3 is 1.95 bits per heavy atom. The number of rotatable bonds is 5. The number of imide groups is 1. The van der Waals surface area contributed by atoms with Crippen molar-refractivity contribution in [2.45, 2.75) is 33.7 Å². The Morgan fingerprint density at radius 1 is 0.884 bits per heavy atom. The number of carbonyl (C=O) groups is 4. The summed E-state index contributed by atoms with van der Waals surface area (Å²) >= 11 is 5.82. The van der Waals surface area contributed by atoms with Crippen LogP contribution in [-0.2, 0) is 32.2 Å². The van der Waals surface area contributed by atoms with E-state index in [9.17, 15) is 19.2 Å². The Morgan fingerprint density at radius 2 is 1.42 bits per heavy atom. The van der Waals surface area contributed by atoms with Crippen molar-refractivity contribution in [2.75, 3.05) is 0 Å². The molecule has 0 bridgehead atoms. The first kappa shape index (κ1) is 33.3. The van der Waals surface area contributed by atoms with Gasteiger partial charge in [-0.25, -0.2) is 0 Å². The van der Waals surface area contributed by atoms with E-state index < -0.39 is 44.5 Å². The second kappa shape index (κ2) is 10.2. The number of benzene rings is 2. The van der Waals surface area contributed by atoms with Crippen molar-refractivity contribution in [1.82, 2.24) is 15.0 Å². The molecule has 2 aromatic rings. The smallest absolute Gasteiger partial charge is 0.347 e. The zero-order valence-electron chi connectivity index (χ0n) is 26.7. The summed E-state index contributed by atoms with van der Waals surface area (Å²) in [5.74, 6) is -6.38. The van der Waals surface area contributed by atoms with Gasteiger partial charge in [0.05, 0.1) is 5.44 Å². The number of nitrogens with zero attached hydrogens (tertiary/aromatic N) is 2. The average Bonchev–Trinajstić information content (AvgIpc) is 3.14. The molecule has 210 valence electrons. The van der Waals surface area contributed by atoms with Gasteiger partial charge in [0.1, 0.15) is 78.5 Å². The number of hydrogen-bond acceptors (Lipinski definition) is 4. The SMILES string of the molecule is Bc1c(B)c2c(c(B)c1CNC(=O)C(F)(F)c1ccc(Cl)cc1)C(B)(B)N(C1(B)C(=O)N(B)C(=O)C(B)(B)C1(B)B)C2=O. The molecule has 1 N–H and O–H groups in total. The average molecular weight is 592 g/mol. The molecule has 0 spiro atoms. The lowest BCUT2D eigenvalue weighted by molar-refractivity contribution is -0.150. The number of hydrogen-bond donors (Lipinski definition) is 1. The van der Waals surface area contributed by atoms with Crippen LogP contribution in [-0.4, -0.2) is 125 Å². The van der Waals surface area contributed by atoms with E-state index in [1.165, 1.54) is 20.1 Å². The summed E-state index contributed by atoms with van der Waals surface area (Å²) in [6, 6.07) is 4.83. The molecule has 43 heavy (non-hydrogen) atoms. The Bertz CT molecular complexity index is 1610. The van der Waals surface area contributed by atoms with E-state index in [1.54, 1.807) is 52.0 Å². The summed E-state index contributed by atoms with van der Waals surface area (Å²) in [6.07, 6.45) is 0. The fourth-order valence-corrected chi connectivity index (χ4v) is 7.31. The standard InChI is InChI=1S/C22H29B11ClF2N3O4/c23-11-8(5-37-15(41)18(35,36)6-1-3-7(34)4-2-6)12(24)13(25)9-10(11)21(29,30)39(14(9)40)20(28)17(43)38(33)16(42)19(26,27)22(20,31)32/h1-4H,5,23-33H2,(H,37,41). The third kappa shape index (κ3) is 4.36. The molecule has 1 fully saturated rings. The van der Waals surface area contributed by atoms with E-state index in [4.69, 9.17) is 11.6 Å². The van der Waals surface area contributed by atoms with Gasteiger partial charge in [-0.3, -0.25) is 19.2 Å². The zero-order valence-corrected chi connectivity index (χ0v) is 27.4. The fraction of sp³-hybridized carbons (Fsp3) is 0.273. The second-order valence-corrected chi connectivity index (χ2v) is 14.0. The van der Waals surface area contributed by atoms with E-state index >= 15 is 8.78 Å². The van der Waals surface area contributed by atoms with Crippen molar-refractivity contribution in [3.63, 3.8) is 0 Å². The van der Waals surface area contributed by atoms with Crippen LogP contribution in [0.15, 0.2) is 24.3 Å². The van der Waals surface area contributed by atoms with Crippen LogP contribution in [0, 0.1) is 0 Å². The number of fused-ring (bicyclic) bond motifs is 1. The minimum Gasteiger partial charge on any atom is -0.347 e. The maximum atomic E-state index is 15.0. The minimum absolute atomic E-state index is 0.190. The van der Waals surface area contributed by atoms with Crippen LogP contribution >= 0.6 is 11.6 Å². The van der Waals surface area contributed by atoms with Gasteiger partial charge in [-0.05, 0) is 28.5 Å². The van der Waals surface area contributed by atoms with Crippen molar-refractivity contribution in [2.24, 2.45) is 0 Å². The van der Waals surface area contributed by atoms with Crippen molar-refractivity contribution in [3.05, 3.63) is 51.5 Å². The Hall–Kier alpha value is -2.62. The van der Waals surface area contributed by atoms with Crippen LogP contribution in [0.1, 0.15) is 27.0 Å². The molecule has 1 unspecified atom stereocenters. The van der Waals surface area contributed by atoms with Gasteiger partial charge < -0.3 is 15.0 Å². The maximum Gasteiger partial charge on any atom is 0.349 e. The van der Waals surface area contributed by atoms with Crippen molar-refractivity contribution in [1.29, 1.82) is 0 Å². The molecule has 0 saturated carbocycles. The van der Waals surface area contributed by atoms with Gasteiger partial charge in [0.25, 0.3) is 11.8 Å².